The minimum atomic E-state index is -8.75. The number of hydrogen-bond acceptors (Lipinski definition) is 2. The molecule has 2 nitrogen and oxygen atoms in total. The fourth-order valence-electron chi connectivity index (χ4n) is 4.94. The van der Waals surface area contributed by atoms with Crippen molar-refractivity contribution >= 4 is 0 Å². The summed E-state index contributed by atoms with van der Waals surface area (Å²) in [5.74, 6) is -11.7. The summed E-state index contributed by atoms with van der Waals surface area (Å²) < 4.78 is 461. The van der Waals surface area contributed by atoms with Gasteiger partial charge in [-0.1, -0.05) is 0 Å². The predicted octanol–water partition coefficient (Wildman–Crippen LogP) is 13.9. The highest BCUT2D eigenvalue weighted by atomic mass is 19.5. The molecule has 0 heterocycles. The van der Waals surface area contributed by atoms with E-state index in [2.05, 4.69) is 9.47 Å². The second-order valence-electron chi connectivity index (χ2n) is 12.9. The minimum Gasteiger partial charge on any atom is -0.483 e. The second kappa shape index (κ2) is 15.9. The quantitative estimate of drug-likeness (QED) is 0.117. The van der Waals surface area contributed by atoms with Gasteiger partial charge in [0.2, 0.25) is 5.76 Å². The van der Waals surface area contributed by atoms with E-state index in [1.165, 1.54) is 0 Å². The first-order valence-electron chi connectivity index (χ1n) is 14.4. The minimum absolute atomic E-state index is 0.379. The van der Waals surface area contributed by atoms with E-state index in [0.717, 1.165) is 0 Å². The third-order valence-electron chi connectivity index (χ3n) is 7.53. The van der Waals surface area contributed by atoms with Crippen molar-refractivity contribution in [1.29, 1.82) is 0 Å². The summed E-state index contributed by atoms with van der Waals surface area (Å²) in [6, 6.07) is 0. The number of hydrogen-bond donors (Lipinski definition) is 0. The Hall–Kier alpha value is -3.07. The number of rotatable bonds is 11. The molecule has 0 unspecified atom stereocenters. The monoisotopic (exact) mass is 988 g/mol. The summed E-state index contributed by atoms with van der Waals surface area (Å²) in [5, 5.41) is 0. The Balaban J connectivity index is 8.55. The van der Waals surface area contributed by atoms with E-state index in [-0.39, 0.29) is 13.8 Å². The van der Waals surface area contributed by atoms with E-state index in [1.807, 2.05) is 0 Å². The normalized spacial score (nSPS) is 16.6. The van der Waals surface area contributed by atoms with E-state index in [1.54, 1.807) is 0 Å². The van der Waals surface area contributed by atoms with Gasteiger partial charge in [0.25, 0.3) is 0 Å². The molecule has 0 spiro atoms. The summed E-state index contributed by atoms with van der Waals surface area (Å²) in [7, 11) is 0. The van der Waals surface area contributed by atoms with Crippen LogP contribution >= 0.6 is 0 Å². The summed E-state index contributed by atoms with van der Waals surface area (Å²) in [6.45, 7) is -5.16. The molecular formula is C26H17F33O2. The molecule has 0 saturated heterocycles. The molecule has 0 aliphatic heterocycles. The van der Waals surface area contributed by atoms with E-state index >= 15 is 8.78 Å². The van der Waals surface area contributed by atoms with Crippen molar-refractivity contribution in [3.05, 3.63) is 22.5 Å². The average Bonchev–Trinajstić information content (AvgIpc) is 2.89. The molecule has 364 valence electrons. The van der Waals surface area contributed by atoms with Crippen LogP contribution in [0, 0.1) is 5.92 Å². The van der Waals surface area contributed by atoms with Crippen LogP contribution in [-0.2, 0) is 9.47 Å². The van der Waals surface area contributed by atoms with Crippen LogP contribution in [0.5, 0.6) is 0 Å². The highest BCUT2D eigenvalue weighted by molar-refractivity contribution is 5.45. The van der Waals surface area contributed by atoms with Gasteiger partial charge in [-0.2, -0.15) is 132 Å². The molecule has 0 aliphatic rings. The molecule has 0 aromatic carbocycles. The highest BCUT2D eigenvalue weighted by Gasteiger charge is 2.88. The van der Waals surface area contributed by atoms with Crippen LogP contribution in [0.3, 0.4) is 0 Å². The van der Waals surface area contributed by atoms with Crippen LogP contribution in [0.2, 0.25) is 0 Å². The summed E-state index contributed by atoms with van der Waals surface area (Å²) in [4.78, 5) is 0. The molecule has 0 saturated carbocycles. The summed E-state index contributed by atoms with van der Waals surface area (Å²) in [6.07, 6.45) is -84.3. The van der Waals surface area contributed by atoms with Gasteiger partial charge in [0.05, 0.1) is 28.9 Å². The van der Waals surface area contributed by atoms with Crippen LogP contribution in [0.1, 0.15) is 34.1 Å². The Bertz CT molecular complexity index is 1490. The van der Waals surface area contributed by atoms with E-state index in [9.17, 15) is 136 Å². The molecule has 0 aromatic rings. The van der Waals surface area contributed by atoms with Gasteiger partial charge in [-0.05, 0) is 27.7 Å². The molecule has 0 aromatic heterocycles. The van der Waals surface area contributed by atoms with E-state index in [4.69, 9.17) is 0 Å². The van der Waals surface area contributed by atoms with Crippen molar-refractivity contribution in [1.82, 2.24) is 0 Å². The molecule has 61 heavy (non-hydrogen) atoms. The Morgan fingerprint density at radius 3 is 0.869 bits per heavy atom. The molecule has 0 N–H and O–H groups in total. The van der Waals surface area contributed by atoms with Crippen molar-refractivity contribution in [2.45, 2.75) is 124 Å². The van der Waals surface area contributed by atoms with Gasteiger partial charge in [-0.25, -0.2) is 13.2 Å². The van der Waals surface area contributed by atoms with Crippen molar-refractivity contribution in [3.8, 4) is 0 Å². The van der Waals surface area contributed by atoms with Crippen LogP contribution < -0.4 is 0 Å². The molecular weight excluding hydrogens is 971 g/mol. The SMILES string of the molecule is CC(C)(CCOC(C)(C)C(=C(C(F)(C(F)(F)F)C(F)(F)F)C(F)(C(F)(F)F)C(F)(F)F)C(F)(F)F)O/C(=C(\C(C(F)(F)F)C(F)(F)F)C(F)(C(F)(F)F)C(F)(F)F)C(F)(F)F. The smallest absolute Gasteiger partial charge is 0.449 e. The van der Waals surface area contributed by atoms with Gasteiger partial charge >= 0.3 is 78.8 Å². The lowest BCUT2D eigenvalue weighted by atomic mass is 9.74. The molecule has 35 heteroatoms. The van der Waals surface area contributed by atoms with Crippen molar-refractivity contribution in [2.24, 2.45) is 5.92 Å². The number of alkyl halides is 33. The lowest BCUT2D eigenvalue weighted by Crippen LogP contribution is -2.67. The van der Waals surface area contributed by atoms with Gasteiger partial charge in [-0.3, -0.25) is 0 Å². The molecule has 0 fully saturated rings. The Kier molecular flexibility index (Phi) is 15.1. The molecule has 0 bridgehead atoms. The Labute approximate surface area is 314 Å². The summed E-state index contributed by atoms with van der Waals surface area (Å²) in [5.41, 5.74) is -51.3. The third-order valence-corrected chi connectivity index (χ3v) is 7.53. The number of halogens is 33. The Morgan fingerprint density at radius 2 is 0.656 bits per heavy atom. The first-order chi connectivity index (χ1) is 25.8. The average molecular weight is 988 g/mol. The lowest BCUT2D eigenvalue weighted by molar-refractivity contribution is -0.365. The highest BCUT2D eigenvalue weighted by Crippen LogP contribution is 2.65. The van der Waals surface area contributed by atoms with Crippen LogP contribution in [0.15, 0.2) is 22.5 Å². The van der Waals surface area contributed by atoms with Crippen molar-refractivity contribution < 1.29 is 154 Å². The maximum absolute atomic E-state index is 15.1. The largest absolute Gasteiger partial charge is 0.483 e. The van der Waals surface area contributed by atoms with Gasteiger partial charge in [0, 0.05) is 6.42 Å². The first kappa shape index (κ1) is 57.9. The second-order valence-corrected chi connectivity index (χ2v) is 12.9. The first-order valence-corrected chi connectivity index (χ1v) is 14.4. The van der Waals surface area contributed by atoms with E-state index < -0.39 is 145 Å². The van der Waals surface area contributed by atoms with E-state index in [0.29, 0.717) is 0 Å². The zero-order valence-electron chi connectivity index (χ0n) is 28.8. The number of allylic oxidation sites excluding steroid dienone is 3. The Morgan fingerprint density at radius 1 is 0.377 bits per heavy atom. The topological polar surface area (TPSA) is 18.5 Å². The van der Waals surface area contributed by atoms with Crippen molar-refractivity contribution in [3.63, 3.8) is 0 Å². The van der Waals surface area contributed by atoms with Crippen LogP contribution in [-0.4, -0.2) is 96.6 Å². The molecule has 0 atom stereocenters. The zero-order valence-corrected chi connectivity index (χ0v) is 28.8. The fourth-order valence-corrected chi connectivity index (χ4v) is 4.94. The van der Waals surface area contributed by atoms with Gasteiger partial charge < -0.3 is 9.47 Å². The summed E-state index contributed by atoms with van der Waals surface area (Å²) >= 11 is 0. The van der Waals surface area contributed by atoms with Crippen LogP contribution in [0.25, 0.3) is 0 Å². The molecule has 0 rings (SSSR count). The molecule has 0 aliphatic carbocycles. The lowest BCUT2D eigenvalue weighted by Gasteiger charge is -2.44. The molecule has 0 amide bonds. The zero-order chi connectivity index (χ0) is 50.2. The van der Waals surface area contributed by atoms with Gasteiger partial charge in [0.15, 0.2) is 5.92 Å². The van der Waals surface area contributed by atoms with Gasteiger partial charge in [0.1, 0.15) is 5.60 Å². The standard InChI is InChI=1S/C26H17F33O2/c1-12(2,61-11(20(39,40)41)7(8(17(30,31)32)18(33,34)35)14(27,21(42,43)44)22(45,46)47)5-6-60-13(3,4)9(19(36,37)38)10(15(28,23(48,49)50)24(51,52)53)16(29,25(54,55)56)26(57,58)59/h8H,5-6H2,1-4H3/b11-7+. The predicted molar refractivity (Wildman–Crippen MR) is 129 cm³/mol. The van der Waals surface area contributed by atoms with Crippen molar-refractivity contribution in [2.75, 3.05) is 6.61 Å². The number of ether oxygens (including phenoxy) is 2. The third kappa shape index (κ3) is 11.2. The van der Waals surface area contributed by atoms with Gasteiger partial charge in [-0.15, -0.1) is 0 Å². The maximum Gasteiger partial charge on any atom is 0.449 e. The fraction of sp³-hybridized carbons (Fsp3) is 0.846. The molecule has 0 radical (unpaired) electrons. The maximum atomic E-state index is 15.1. The van der Waals surface area contributed by atoms with Crippen LogP contribution in [0.4, 0.5) is 145 Å².